The van der Waals surface area contributed by atoms with Gasteiger partial charge in [0.25, 0.3) is 0 Å². The number of alkyl halides is 2. The molecular weight excluding hydrogens is 342 g/mol. The normalized spacial score (nSPS) is 22.4. The van der Waals surface area contributed by atoms with E-state index in [2.05, 4.69) is 4.74 Å². The van der Waals surface area contributed by atoms with Gasteiger partial charge in [0, 0.05) is 6.61 Å². The van der Waals surface area contributed by atoms with Crippen LogP contribution in [0.3, 0.4) is 0 Å². The Morgan fingerprint density at radius 3 is 2.09 bits per heavy atom. The minimum atomic E-state index is -5.97. The monoisotopic (exact) mass is 360 g/mol. The van der Waals surface area contributed by atoms with Gasteiger partial charge in [0.2, 0.25) is 0 Å². The second-order valence-corrected chi connectivity index (χ2v) is 6.78. The van der Waals surface area contributed by atoms with Crippen LogP contribution in [0.1, 0.15) is 25.7 Å². The van der Waals surface area contributed by atoms with Crippen molar-refractivity contribution in [2.75, 3.05) is 19.8 Å². The number of carbonyl (C=O) groups excluding carboxylic acids is 2. The molecule has 0 aromatic carbocycles. The quantitative estimate of drug-likeness (QED) is 0.492. The average Bonchev–Trinajstić information content (AvgIpc) is 2.49. The first-order valence-electron chi connectivity index (χ1n) is 6.86. The molecule has 0 bridgehead atoms. The third-order valence-electron chi connectivity index (χ3n) is 3.59. The Balaban J connectivity index is 2.31. The zero-order valence-electron chi connectivity index (χ0n) is 12.1. The van der Waals surface area contributed by atoms with Crippen LogP contribution in [0, 0.1) is 11.8 Å². The van der Waals surface area contributed by atoms with Gasteiger partial charge in [0.1, 0.15) is 0 Å². The van der Waals surface area contributed by atoms with E-state index in [1.165, 1.54) is 0 Å². The van der Waals surface area contributed by atoms with E-state index in [4.69, 9.17) is 14.4 Å². The molecular formula is C12H18F2O8S. The Morgan fingerprint density at radius 2 is 1.61 bits per heavy atom. The lowest BCUT2D eigenvalue weighted by atomic mass is 9.83. The van der Waals surface area contributed by atoms with Crippen LogP contribution < -0.4 is 0 Å². The van der Waals surface area contributed by atoms with Crippen molar-refractivity contribution in [3.63, 3.8) is 0 Å². The molecule has 0 aliphatic heterocycles. The highest BCUT2D eigenvalue weighted by atomic mass is 32.2. The number of rotatable bonds is 7. The van der Waals surface area contributed by atoms with E-state index in [1.54, 1.807) is 0 Å². The Kier molecular flexibility index (Phi) is 6.84. The highest BCUT2D eigenvalue weighted by Gasteiger charge is 2.54. The number of halogens is 2. The number of hydrogen-bond acceptors (Lipinski definition) is 7. The molecule has 0 aromatic rings. The van der Waals surface area contributed by atoms with Crippen molar-refractivity contribution >= 4 is 22.1 Å². The molecule has 0 heterocycles. The maximum absolute atomic E-state index is 12.8. The number of aliphatic hydroxyl groups excluding tert-OH is 1. The molecule has 1 saturated carbocycles. The fraction of sp³-hybridized carbons (Fsp3) is 0.833. The summed E-state index contributed by atoms with van der Waals surface area (Å²) in [7, 11) is -5.97. The maximum atomic E-state index is 12.8. The maximum Gasteiger partial charge on any atom is 0.465 e. The predicted octanol–water partition coefficient (Wildman–Crippen LogP) is 0.352. The first-order valence-corrected chi connectivity index (χ1v) is 8.30. The van der Waals surface area contributed by atoms with Crippen LogP contribution in [0.2, 0.25) is 0 Å². The van der Waals surface area contributed by atoms with Crippen molar-refractivity contribution < 1.29 is 45.9 Å². The molecule has 0 amide bonds. The first kappa shape index (κ1) is 19.7. The number of carbonyl (C=O) groups is 2. The summed E-state index contributed by atoms with van der Waals surface area (Å²) in [6, 6.07) is 0. The van der Waals surface area contributed by atoms with Crippen LogP contribution in [0.25, 0.3) is 0 Å². The van der Waals surface area contributed by atoms with Crippen molar-refractivity contribution in [2.24, 2.45) is 11.8 Å². The molecule has 0 aromatic heterocycles. The largest absolute Gasteiger partial charge is 0.465 e. The fourth-order valence-electron chi connectivity index (χ4n) is 2.15. The fourth-order valence-corrected chi connectivity index (χ4v) is 2.42. The van der Waals surface area contributed by atoms with Gasteiger partial charge < -0.3 is 14.6 Å². The number of aliphatic hydroxyl groups is 1. The van der Waals surface area contributed by atoms with E-state index in [0.29, 0.717) is 0 Å². The minimum absolute atomic E-state index is 0.0171. The Morgan fingerprint density at radius 1 is 1.09 bits per heavy atom. The van der Waals surface area contributed by atoms with Gasteiger partial charge in [0.15, 0.2) is 6.61 Å². The third-order valence-corrected chi connectivity index (χ3v) is 4.40. The zero-order valence-corrected chi connectivity index (χ0v) is 12.9. The van der Waals surface area contributed by atoms with E-state index in [1.807, 2.05) is 0 Å². The summed E-state index contributed by atoms with van der Waals surface area (Å²) in [4.78, 5) is 22.1. The molecule has 1 aliphatic carbocycles. The van der Waals surface area contributed by atoms with Gasteiger partial charge in [-0.1, -0.05) is 0 Å². The highest BCUT2D eigenvalue weighted by molar-refractivity contribution is 7.87. The summed E-state index contributed by atoms with van der Waals surface area (Å²) < 4.78 is 63.0. The van der Waals surface area contributed by atoms with Crippen LogP contribution in [0.4, 0.5) is 8.78 Å². The molecule has 8 nitrogen and oxygen atoms in total. The Labute approximate surface area is 131 Å². The van der Waals surface area contributed by atoms with Gasteiger partial charge in [-0.15, -0.1) is 0 Å². The summed E-state index contributed by atoms with van der Waals surface area (Å²) in [5.41, 5.74) is 0. The van der Waals surface area contributed by atoms with E-state index in [0.717, 1.165) is 25.7 Å². The van der Waals surface area contributed by atoms with Crippen LogP contribution in [0.15, 0.2) is 0 Å². The van der Waals surface area contributed by atoms with Gasteiger partial charge in [-0.05, 0) is 37.5 Å². The molecule has 23 heavy (non-hydrogen) atoms. The minimum Gasteiger partial charge on any atom is -0.463 e. The van der Waals surface area contributed by atoms with Crippen LogP contribution in [0.5, 0.6) is 0 Å². The van der Waals surface area contributed by atoms with Gasteiger partial charge in [-0.2, -0.15) is 17.2 Å². The lowest BCUT2D eigenvalue weighted by Crippen LogP contribution is -2.39. The number of hydrogen-bond donors (Lipinski definition) is 2. The average molecular weight is 360 g/mol. The summed E-state index contributed by atoms with van der Waals surface area (Å²) in [6.45, 7) is -1.07. The molecule has 0 saturated heterocycles. The van der Waals surface area contributed by atoms with E-state index in [-0.39, 0.29) is 25.0 Å². The Bertz CT molecular complexity index is 525. The summed E-state index contributed by atoms with van der Waals surface area (Å²) in [5.74, 6) is -3.36. The first-order chi connectivity index (χ1) is 10.6. The molecule has 0 radical (unpaired) electrons. The number of esters is 2. The predicted molar refractivity (Wildman–Crippen MR) is 70.9 cm³/mol. The summed E-state index contributed by atoms with van der Waals surface area (Å²) >= 11 is 0. The second kappa shape index (κ2) is 7.97. The Hall–Kier alpha value is -1.33. The molecule has 1 rings (SSSR count). The molecule has 0 unspecified atom stereocenters. The molecule has 0 atom stereocenters. The van der Waals surface area contributed by atoms with E-state index < -0.39 is 33.9 Å². The number of ether oxygens (including phenoxy) is 2. The standard InChI is InChI=1S/C12H18F2O8S/c13-12(14,23(18,19)20)11(17)22-7-10(16)21-6-9-3-1-8(5-15)2-4-9/h8-9,15H,1-7H2,(H,18,19,20). The third kappa shape index (κ3) is 5.66. The van der Waals surface area contributed by atoms with E-state index in [9.17, 15) is 26.8 Å². The topological polar surface area (TPSA) is 127 Å². The van der Waals surface area contributed by atoms with Crippen molar-refractivity contribution in [3.05, 3.63) is 0 Å². The van der Waals surface area contributed by atoms with Crippen LogP contribution >= 0.6 is 0 Å². The molecule has 1 aliphatic rings. The molecule has 134 valence electrons. The molecule has 0 spiro atoms. The van der Waals surface area contributed by atoms with Gasteiger partial charge in [0.05, 0.1) is 6.61 Å². The van der Waals surface area contributed by atoms with Gasteiger partial charge in [-0.25, -0.2) is 9.59 Å². The van der Waals surface area contributed by atoms with Gasteiger partial charge >= 0.3 is 27.3 Å². The van der Waals surface area contributed by atoms with E-state index >= 15 is 0 Å². The van der Waals surface area contributed by atoms with Crippen LogP contribution in [-0.4, -0.2) is 55.1 Å². The van der Waals surface area contributed by atoms with Crippen LogP contribution in [-0.2, 0) is 29.2 Å². The smallest absolute Gasteiger partial charge is 0.463 e. The van der Waals surface area contributed by atoms with Crippen molar-refractivity contribution in [2.45, 2.75) is 30.9 Å². The molecule has 1 fully saturated rings. The molecule has 11 heteroatoms. The second-order valence-electron chi connectivity index (χ2n) is 5.32. The zero-order chi connectivity index (χ0) is 17.7. The van der Waals surface area contributed by atoms with Gasteiger partial charge in [-0.3, -0.25) is 4.55 Å². The summed E-state index contributed by atoms with van der Waals surface area (Å²) in [6.07, 6.45) is 3.04. The molecule has 2 N–H and O–H groups in total. The summed E-state index contributed by atoms with van der Waals surface area (Å²) in [5, 5.41) is 3.84. The SMILES string of the molecule is O=C(COC(=O)C(F)(F)S(=O)(=O)O)OCC1CCC(CO)CC1. The lowest BCUT2D eigenvalue weighted by molar-refractivity contribution is -0.170. The van der Waals surface area contributed by atoms with Crippen molar-refractivity contribution in [1.82, 2.24) is 0 Å². The lowest BCUT2D eigenvalue weighted by Gasteiger charge is -2.26. The highest BCUT2D eigenvalue weighted by Crippen LogP contribution is 2.28. The van der Waals surface area contributed by atoms with Crippen molar-refractivity contribution in [3.8, 4) is 0 Å². The van der Waals surface area contributed by atoms with Crippen molar-refractivity contribution in [1.29, 1.82) is 0 Å².